The van der Waals surface area contributed by atoms with Crippen molar-refractivity contribution in [1.82, 2.24) is 0 Å². The number of aliphatic carboxylic acids is 2. The maximum atomic E-state index is 11.2. The van der Waals surface area contributed by atoms with Crippen LogP contribution in [0, 0.1) is 5.92 Å². The van der Waals surface area contributed by atoms with Crippen molar-refractivity contribution in [1.29, 1.82) is 0 Å². The highest BCUT2D eigenvalue weighted by molar-refractivity contribution is 5.95. The number of carbonyl (C=O) groups is 2. The van der Waals surface area contributed by atoms with Crippen LogP contribution < -0.4 is 0 Å². The Labute approximate surface area is 109 Å². The summed E-state index contributed by atoms with van der Waals surface area (Å²) >= 11 is 0. The molecule has 0 aliphatic carbocycles. The van der Waals surface area contributed by atoms with E-state index in [9.17, 15) is 19.8 Å². The van der Waals surface area contributed by atoms with Gasteiger partial charge < -0.3 is 24.8 Å². The Hall–Kier alpha value is -1.86. The molecule has 0 fully saturated rings. The predicted octanol–water partition coefficient (Wildman–Crippen LogP) is 0.0644. The minimum absolute atomic E-state index is 0.0905. The van der Waals surface area contributed by atoms with Gasteiger partial charge in [-0.3, -0.25) is 9.59 Å². The van der Waals surface area contributed by atoms with E-state index < -0.39 is 35.5 Å². The molecule has 0 aliphatic heterocycles. The van der Waals surface area contributed by atoms with Gasteiger partial charge in [-0.25, -0.2) is 0 Å². The molecule has 0 saturated carbocycles. The largest absolute Gasteiger partial charge is 0.481 e. The molecule has 0 radical (unpaired) electrons. The molecule has 19 heavy (non-hydrogen) atoms. The molecule has 1 heterocycles. The fraction of sp³-hybridized carbons (Fsp3) is 0.500. The standard InChI is InChI=1S/C12H16O7/c1-6(13)12(7(2)14,8-4-3-5-19-8)9(10(15)16)11(17)18/h3-7,9,13-14H,1-2H3,(H,15,16)(H,17,18). The van der Waals surface area contributed by atoms with E-state index in [0.717, 1.165) is 0 Å². The summed E-state index contributed by atoms with van der Waals surface area (Å²) in [6.45, 7) is 2.43. The highest BCUT2D eigenvalue weighted by Gasteiger charge is 2.57. The van der Waals surface area contributed by atoms with Gasteiger partial charge in [0.2, 0.25) is 0 Å². The van der Waals surface area contributed by atoms with Crippen LogP contribution in [0.4, 0.5) is 0 Å². The van der Waals surface area contributed by atoms with Crippen molar-refractivity contribution in [3.8, 4) is 0 Å². The van der Waals surface area contributed by atoms with Gasteiger partial charge in [-0.1, -0.05) is 0 Å². The van der Waals surface area contributed by atoms with E-state index in [4.69, 9.17) is 14.6 Å². The molecular formula is C12H16O7. The van der Waals surface area contributed by atoms with Crippen LogP contribution in [-0.2, 0) is 15.0 Å². The zero-order chi connectivity index (χ0) is 14.8. The van der Waals surface area contributed by atoms with Crippen molar-refractivity contribution in [2.24, 2.45) is 5.92 Å². The summed E-state index contributed by atoms with van der Waals surface area (Å²) in [4.78, 5) is 22.5. The minimum Gasteiger partial charge on any atom is -0.481 e. The quantitative estimate of drug-likeness (QED) is 0.539. The van der Waals surface area contributed by atoms with Gasteiger partial charge in [0.25, 0.3) is 0 Å². The van der Waals surface area contributed by atoms with E-state index in [1.54, 1.807) is 0 Å². The van der Waals surface area contributed by atoms with Crippen LogP contribution in [0.2, 0.25) is 0 Å². The fourth-order valence-corrected chi connectivity index (χ4v) is 2.42. The van der Waals surface area contributed by atoms with E-state index in [1.807, 2.05) is 0 Å². The van der Waals surface area contributed by atoms with Crippen molar-refractivity contribution >= 4 is 11.9 Å². The second kappa shape index (κ2) is 5.41. The number of carboxylic acids is 2. The van der Waals surface area contributed by atoms with E-state index in [-0.39, 0.29) is 5.76 Å². The molecule has 0 aliphatic rings. The summed E-state index contributed by atoms with van der Waals surface area (Å²) in [7, 11) is 0. The van der Waals surface area contributed by atoms with Crippen molar-refractivity contribution in [2.45, 2.75) is 31.5 Å². The summed E-state index contributed by atoms with van der Waals surface area (Å²) in [6.07, 6.45) is -1.68. The first-order valence-electron chi connectivity index (χ1n) is 5.62. The molecule has 1 aromatic rings. The first kappa shape index (κ1) is 15.2. The highest BCUT2D eigenvalue weighted by Crippen LogP contribution is 2.40. The monoisotopic (exact) mass is 272 g/mol. The van der Waals surface area contributed by atoms with Crippen LogP contribution in [-0.4, -0.2) is 44.6 Å². The van der Waals surface area contributed by atoms with Gasteiger partial charge in [0.05, 0.1) is 18.5 Å². The first-order chi connectivity index (χ1) is 8.76. The Bertz CT molecular complexity index is 425. The normalized spacial score (nSPS) is 17.7. The summed E-state index contributed by atoms with van der Waals surface area (Å²) in [5, 5.41) is 38.1. The van der Waals surface area contributed by atoms with Crippen LogP contribution in [0.25, 0.3) is 0 Å². The van der Waals surface area contributed by atoms with E-state index >= 15 is 0 Å². The van der Waals surface area contributed by atoms with Crippen molar-refractivity contribution in [2.75, 3.05) is 0 Å². The Kier molecular flexibility index (Phi) is 4.33. The van der Waals surface area contributed by atoms with Gasteiger partial charge in [0, 0.05) is 0 Å². The topological polar surface area (TPSA) is 128 Å². The number of furan rings is 1. The molecule has 106 valence electrons. The molecule has 0 amide bonds. The molecule has 0 bridgehead atoms. The fourth-order valence-electron chi connectivity index (χ4n) is 2.42. The third-order valence-electron chi connectivity index (χ3n) is 3.30. The molecule has 7 nitrogen and oxygen atoms in total. The summed E-state index contributed by atoms with van der Waals surface area (Å²) in [5.41, 5.74) is -1.97. The van der Waals surface area contributed by atoms with Gasteiger partial charge in [-0.15, -0.1) is 0 Å². The summed E-state index contributed by atoms with van der Waals surface area (Å²) in [5.74, 6) is -5.46. The number of aliphatic hydroxyl groups is 2. The third-order valence-corrected chi connectivity index (χ3v) is 3.30. The Morgan fingerprint density at radius 3 is 1.89 bits per heavy atom. The van der Waals surface area contributed by atoms with Gasteiger partial charge in [0.15, 0.2) is 5.92 Å². The van der Waals surface area contributed by atoms with Crippen molar-refractivity contribution in [3.05, 3.63) is 24.2 Å². The maximum Gasteiger partial charge on any atom is 0.319 e. The highest BCUT2D eigenvalue weighted by atomic mass is 16.4. The molecule has 7 heteroatoms. The smallest absolute Gasteiger partial charge is 0.319 e. The molecule has 1 aromatic heterocycles. The summed E-state index contributed by atoms with van der Waals surface area (Å²) in [6, 6.07) is 2.76. The van der Waals surface area contributed by atoms with Crippen LogP contribution in [0.5, 0.6) is 0 Å². The van der Waals surface area contributed by atoms with Gasteiger partial charge >= 0.3 is 11.9 Å². The number of rotatable bonds is 6. The van der Waals surface area contributed by atoms with Gasteiger partial charge in [-0.05, 0) is 26.0 Å². The molecule has 0 aromatic carbocycles. The average Bonchev–Trinajstić information content (AvgIpc) is 2.76. The van der Waals surface area contributed by atoms with Crippen molar-refractivity contribution < 1.29 is 34.4 Å². The second-order valence-electron chi connectivity index (χ2n) is 4.37. The zero-order valence-corrected chi connectivity index (χ0v) is 10.5. The van der Waals surface area contributed by atoms with Crippen molar-refractivity contribution in [3.63, 3.8) is 0 Å². The third kappa shape index (κ3) is 2.34. The average molecular weight is 272 g/mol. The minimum atomic E-state index is -2.04. The predicted molar refractivity (Wildman–Crippen MR) is 62.5 cm³/mol. The molecule has 0 spiro atoms. The lowest BCUT2D eigenvalue weighted by Crippen LogP contribution is -2.57. The van der Waals surface area contributed by atoms with E-state index in [2.05, 4.69) is 0 Å². The lowest BCUT2D eigenvalue weighted by Gasteiger charge is -2.39. The Morgan fingerprint density at radius 2 is 1.63 bits per heavy atom. The maximum absolute atomic E-state index is 11.2. The number of hydrogen-bond acceptors (Lipinski definition) is 5. The van der Waals surface area contributed by atoms with E-state index in [1.165, 1.54) is 32.2 Å². The molecule has 1 rings (SSSR count). The lowest BCUT2D eigenvalue weighted by molar-refractivity contribution is -0.167. The van der Waals surface area contributed by atoms with Crippen LogP contribution in [0.3, 0.4) is 0 Å². The SMILES string of the molecule is CC(O)C(c1ccco1)(C(C)O)C(C(=O)O)C(=O)O. The lowest BCUT2D eigenvalue weighted by atomic mass is 9.66. The number of hydrogen-bond donors (Lipinski definition) is 4. The van der Waals surface area contributed by atoms with Crippen LogP contribution >= 0.6 is 0 Å². The number of aliphatic hydroxyl groups excluding tert-OH is 2. The molecule has 4 N–H and O–H groups in total. The van der Waals surface area contributed by atoms with E-state index in [0.29, 0.717) is 0 Å². The van der Waals surface area contributed by atoms with Gasteiger partial charge in [-0.2, -0.15) is 0 Å². The van der Waals surface area contributed by atoms with Gasteiger partial charge in [0.1, 0.15) is 11.2 Å². The summed E-state index contributed by atoms with van der Waals surface area (Å²) < 4.78 is 5.06. The second-order valence-corrected chi connectivity index (χ2v) is 4.37. The van der Waals surface area contributed by atoms with Crippen LogP contribution in [0.1, 0.15) is 19.6 Å². The molecule has 2 unspecified atom stereocenters. The number of carboxylic acid groups (broad SMARTS) is 2. The Morgan fingerprint density at radius 1 is 1.16 bits per heavy atom. The zero-order valence-electron chi connectivity index (χ0n) is 10.5. The molecule has 0 saturated heterocycles. The first-order valence-corrected chi connectivity index (χ1v) is 5.62. The van der Waals surface area contributed by atoms with Crippen LogP contribution in [0.15, 0.2) is 22.8 Å². The molecular weight excluding hydrogens is 256 g/mol. The molecule has 2 atom stereocenters. The Balaban J connectivity index is 3.57.